The number of aromatic nitrogens is 2. The van der Waals surface area contributed by atoms with Crippen LogP contribution >= 0.6 is 34.8 Å². The van der Waals surface area contributed by atoms with E-state index in [9.17, 15) is 9.59 Å². The minimum absolute atomic E-state index is 0.0994. The van der Waals surface area contributed by atoms with Crippen molar-refractivity contribution in [2.75, 3.05) is 13.2 Å². The molecule has 11 heteroatoms. The van der Waals surface area contributed by atoms with E-state index in [1.807, 2.05) is 6.92 Å². The van der Waals surface area contributed by atoms with Crippen LogP contribution in [0.25, 0.3) is 0 Å². The fourth-order valence-electron chi connectivity index (χ4n) is 2.30. The molecule has 8 nitrogen and oxygen atoms in total. The van der Waals surface area contributed by atoms with E-state index in [-0.39, 0.29) is 29.1 Å². The van der Waals surface area contributed by atoms with Gasteiger partial charge in [-0.15, -0.1) is 10.2 Å². The first-order valence-electron chi connectivity index (χ1n) is 9.02. The largest absolute Gasteiger partial charge is 0.480 e. The highest BCUT2D eigenvalue weighted by atomic mass is 35.5. The number of carbonyl (C=O) groups is 2. The van der Waals surface area contributed by atoms with Crippen molar-refractivity contribution in [3.05, 3.63) is 69.2 Å². The molecule has 0 bridgehead atoms. The zero-order valence-electron chi connectivity index (χ0n) is 16.5. The van der Waals surface area contributed by atoms with Crippen LogP contribution in [0, 0.1) is 6.92 Å². The Morgan fingerprint density at radius 2 is 1.25 bits per heavy atom. The quantitative estimate of drug-likeness (QED) is 0.413. The average Bonchev–Trinajstić information content (AvgIpc) is 2.74. The Balaban J connectivity index is 1.45. The molecule has 0 atom stereocenters. The minimum atomic E-state index is -0.738. The van der Waals surface area contributed by atoms with Gasteiger partial charge in [-0.25, -0.2) is 9.59 Å². The van der Waals surface area contributed by atoms with Gasteiger partial charge in [-0.3, -0.25) is 0 Å². The SMILES string of the molecule is Cc1ccc(OCC(=O)Oc2ccc(OC(=O)COc3ccc(Cl)cc3Cl)nn2)c(Cl)c1. The molecule has 0 spiro atoms. The number of aryl methyl sites for hydroxylation is 1. The van der Waals surface area contributed by atoms with E-state index in [0.29, 0.717) is 15.8 Å². The second-order valence-electron chi connectivity index (χ2n) is 6.24. The molecule has 32 heavy (non-hydrogen) atoms. The molecule has 0 aliphatic rings. The highest BCUT2D eigenvalue weighted by molar-refractivity contribution is 6.35. The van der Waals surface area contributed by atoms with Crippen LogP contribution in [-0.4, -0.2) is 35.3 Å². The van der Waals surface area contributed by atoms with Crippen molar-refractivity contribution < 1.29 is 28.5 Å². The van der Waals surface area contributed by atoms with E-state index >= 15 is 0 Å². The molecule has 0 radical (unpaired) electrons. The summed E-state index contributed by atoms with van der Waals surface area (Å²) in [4.78, 5) is 23.8. The van der Waals surface area contributed by atoms with Gasteiger partial charge in [-0.05, 0) is 42.8 Å². The lowest BCUT2D eigenvalue weighted by molar-refractivity contribution is -0.138. The van der Waals surface area contributed by atoms with Crippen LogP contribution in [0.1, 0.15) is 5.56 Å². The molecule has 2 aromatic carbocycles. The molecule has 0 amide bonds. The van der Waals surface area contributed by atoms with Gasteiger partial charge in [0.25, 0.3) is 0 Å². The van der Waals surface area contributed by atoms with E-state index in [2.05, 4.69) is 10.2 Å². The fraction of sp³-hybridized carbons (Fsp3) is 0.143. The molecule has 3 rings (SSSR count). The summed E-state index contributed by atoms with van der Waals surface area (Å²) in [6, 6.07) is 12.4. The molecule has 0 saturated heterocycles. The number of hydrogen-bond donors (Lipinski definition) is 0. The van der Waals surface area contributed by atoms with Gasteiger partial charge in [0.15, 0.2) is 13.2 Å². The first-order valence-corrected chi connectivity index (χ1v) is 10.2. The number of nitrogens with zero attached hydrogens (tertiary/aromatic N) is 2. The van der Waals surface area contributed by atoms with Crippen molar-refractivity contribution >= 4 is 46.7 Å². The van der Waals surface area contributed by atoms with Gasteiger partial charge in [0, 0.05) is 17.2 Å². The van der Waals surface area contributed by atoms with Crippen molar-refractivity contribution in [1.82, 2.24) is 10.2 Å². The zero-order chi connectivity index (χ0) is 23.1. The monoisotopic (exact) mass is 496 g/mol. The number of carbonyl (C=O) groups excluding carboxylic acids is 2. The minimum Gasteiger partial charge on any atom is -0.480 e. The molecule has 0 N–H and O–H groups in total. The third kappa shape index (κ3) is 6.98. The number of rotatable bonds is 8. The Morgan fingerprint density at radius 3 is 1.72 bits per heavy atom. The van der Waals surface area contributed by atoms with Crippen molar-refractivity contribution in [2.45, 2.75) is 6.92 Å². The maximum atomic E-state index is 11.9. The third-order valence-electron chi connectivity index (χ3n) is 3.72. The summed E-state index contributed by atoms with van der Waals surface area (Å²) >= 11 is 17.8. The molecule has 166 valence electrons. The van der Waals surface area contributed by atoms with E-state index in [4.69, 9.17) is 53.8 Å². The molecule has 0 fully saturated rings. The molecule has 0 unspecified atom stereocenters. The molecule has 0 aliphatic heterocycles. The highest BCUT2D eigenvalue weighted by Crippen LogP contribution is 2.27. The zero-order valence-corrected chi connectivity index (χ0v) is 18.8. The number of ether oxygens (including phenoxy) is 4. The fourth-order valence-corrected chi connectivity index (χ4v) is 3.05. The lowest BCUT2D eigenvalue weighted by Crippen LogP contribution is -2.20. The second kappa shape index (κ2) is 11.0. The lowest BCUT2D eigenvalue weighted by Gasteiger charge is -2.09. The Kier molecular flexibility index (Phi) is 8.10. The first kappa shape index (κ1) is 23.6. The lowest BCUT2D eigenvalue weighted by atomic mass is 10.2. The summed E-state index contributed by atoms with van der Waals surface area (Å²) in [7, 11) is 0. The summed E-state index contributed by atoms with van der Waals surface area (Å²) in [5.41, 5.74) is 0.960. The van der Waals surface area contributed by atoms with Gasteiger partial charge < -0.3 is 18.9 Å². The van der Waals surface area contributed by atoms with Crippen molar-refractivity contribution in [1.29, 1.82) is 0 Å². The summed E-state index contributed by atoms with van der Waals surface area (Å²) in [6.07, 6.45) is 0. The molecule has 0 aliphatic carbocycles. The Morgan fingerprint density at radius 1 is 0.750 bits per heavy atom. The van der Waals surface area contributed by atoms with Crippen LogP contribution in [0.5, 0.6) is 23.3 Å². The number of hydrogen-bond acceptors (Lipinski definition) is 8. The van der Waals surface area contributed by atoms with Gasteiger partial charge in [0.05, 0.1) is 10.0 Å². The molecule has 1 heterocycles. The van der Waals surface area contributed by atoms with Gasteiger partial charge in [-0.1, -0.05) is 40.9 Å². The van der Waals surface area contributed by atoms with Gasteiger partial charge in [0.1, 0.15) is 11.5 Å². The number of halogens is 3. The molecule has 3 aromatic rings. The second-order valence-corrected chi connectivity index (χ2v) is 7.49. The van der Waals surface area contributed by atoms with E-state index < -0.39 is 18.5 Å². The highest BCUT2D eigenvalue weighted by Gasteiger charge is 2.13. The predicted octanol–water partition coefficient (Wildman–Crippen LogP) is 4.71. The molecular weight excluding hydrogens is 483 g/mol. The van der Waals surface area contributed by atoms with E-state index in [1.165, 1.54) is 24.3 Å². The van der Waals surface area contributed by atoms with Crippen molar-refractivity contribution in [3.63, 3.8) is 0 Å². The van der Waals surface area contributed by atoms with Crippen LogP contribution in [0.4, 0.5) is 0 Å². The molecule has 1 aromatic heterocycles. The molecular formula is C21H15Cl3N2O6. The van der Waals surface area contributed by atoms with Gasteiger partial charge in [0.2, 0.25) is 11.8 Å². The summed E-state index contributed by atoms with van der Waals surface area (Å²) in [5, 5.41) is 8.41. The maximum Gasteiger partial charge on any atom is 0.350 e. The van der Waals surface area contributed by atoms with Crippen molar-refractivity contribution in [2.24, 2.45) is 0 Å². The normalized spacial score (nSPS) is 10.4. The average molecular weight is 498 g/mol. The predicted molar refractivity (Wildman–Crippen MR) is 117 cm³/mol. The summed E-state index contributed by atoms with van der Waals surface area (Å²) in [6.45, 7) is 1.08. The van der Waals surface area contributed by atoms with Gasteiger partial charge >= 0.3 is 11.9 Å². The summed E-state index contributed by atoms with van der Waals surface area (Å²) in [5.74, 6) is -1.03. The smallest absolute Gasteiger partial charge is 0.350 e. The Bertz CT molecular complexity index is 1040. The van der Waals surface area contributed by atoms with Crippen molar-refractivity contribution in [3.8, 4) is 23.3 Å². The summed E-state index contributed by atoms with van der Waals surface area (Å²) < 4.78 is 20.6. The number of esters is 2. The number of benzene rings is 2. The van der Waals surface area contributed by atoms with Gasteiger partial charge in [-0.2, -0.15) is 0 Å². The maximum absolute atomic E-state index is 11.9. The van der Waals surface area contributed by atoms with E-state index in [1.54, 1.807) is 24.3 Å². The topological polar surface area (TPSA) is 96.8 Å². The first-order chi connectivity index (χ1) is 15.3. The van der Waals surface area contributed by atoms with Crippen LogP contribution in [0.2, 0.25) is 15.1 Å². The third-order valence-corrected chi connectivity index (χ3v) is 4.55. The van der Waals surface area contributed by atoms with Crippen LogP contribution < -0.4 is 18.9 Å². The Hall–Kier alpha value is -3.07. The standard InChI is InChI=1S/C21H15Cl3N2O6/c1-12-2-4-16(14(23)8-12)29-10-20(27)31-18-6-7-19(26-25-18)32-21(28)11-30-17-5-3-13(22)9-15(17)24/h2-9H,10-11H2,1H3. The van der Waals surface area contributed by atoms with Crippen LogP contribution in [0.3, 0.4) is 0 Å². The molecule has 0 saturated carbocycles. The Labute approximate surface area is 197 Å². The van der Waals surface area contributed by atoms with Crippen LogP contribution in [0.15, 0.2) is 48.5 Å². The van der Waals surface area contributed by atoms with Crippen LogP contribution in [-0.2, 0) is 9.59 Å². The van der Waals surface area contributed by atoms with E-state index in [0.717, 1.165) is 5.56 Å².